The second-order valence-electron chi connectivity index (χ2n) is 10.5. The van der Waals surface area contributed by atoms with Gasteiger partial charge in [0.1, 0.15) is 5.75 Å². The molecular weight excluding hydrogens is 340 g/mol. The lowest BCUT2D eigenvalue weighted by molar-refractivity contribution is 0.193. The van der Waals surface area contributed by atoms with Crippen molar-refractivity contribution in [2.45, 2.75) is 86.2 Å². The van der Waals surface area contributed by atoms with Crippen LogP contribution in [0.25, 0.3) is 0 Å². The number of methoxy groups -OCH3 is 1. The zero-order valence-corrected chi connectivity index (χ0v) is 20.0. The van der Waals surface area contributed by atoms with Gasteiger partial charge in [-0.25, -0.2) is 0 Å². The highest BCUT2D eigenvalue weighted by Gasteiger charge is 2.33. The predicted molar refractivity (Wildman–Crippen MR) is 113 cm³/mol. The fraction of sp³-hybridized carbons (Fsp3) is 0.727. The number of rotatable bonds is 5. The zero-order chi connectivity index (χ0) is 20.5. The Kier molecular flexibility index (Phi) is 6.89. The minimum absolute atomic E-state index is 0.0596. The van der Waals surface area contributed by atoms with E-state index >= 15 is 0 Å². The molecule has 26 heavy (non-hydrogen) atoms. The lowest BCUT2D eigenvalue weighted by Crippen LogP contribution is -2.24. The van der Waals surface area contributed by atoms with Gasteiger partial charge in [0.25, 0.3) is 9.04 Å². The summed E-state index contributed by atoms with van der Waals surface area (Å²) in [7, 11) is 0.802. The third-order valence-corrected chi connectivity index (χ3v) is 4.54. The summed E-state index contributed by atoms with van der Waals surface area (Å²) in [6.45, 7) is 24.7. The highest BCUT2D eigenvalue weighted by molar-refractivity contribution is 6.49. The molecule has 4 heteroatoms. The van der Waals surface area contributed by atoms with Crippen molar-refractivity contribution < 1.29 is 13.9 Å². The van der Waals surface area contributed by atoms with Crippen LogP contribution in [0.3, 0.4) is 0 Å². The first-order valence-electron chi connectivity index (χ1n) is 9.44. The first-order valence-corrected chi connectivity index (χ1v) is 11.9. The summed E-state index contributed by atoms with van der Waals surface area (Å²) in [5, 5.41) is 0. The molecule has 149 valence electrons. The summed E-state index contributed by atoms with van der Waals surface area (Å²) >= 11 is 0. The van der Waals surface area contributed by atoms with Crippen LogP contribution in [-0.4, -0.2) is 22.8 Å². The summed E-state index contributed by atoms with van der Waals surface area (Å²) in [5.74, 6) is 2.61. The van der Waals surface area contributed by atoms with Crippen molar-refractivity contribution >= 4 is 9.04 Å². The Hall–Kier alpha value is -1.16. The topological polar surface area (TPSA) is 27.7 Å². The molecule has 0 saturated heterocycles. The Morgan fingerprint density at radius 3 is 1.73 bits per heavy atom. The van der Waals surface area contributed by atoms with Gasteiger partial charge in [-0.1, -0.05) is 62.3 Å². The van der Waals surface area contributed by atoms with E-state index in [1.165, 1.54) is 0 Å². The van der Waals surface area contributed by atoms with Crippen LogP contribution in [0.5, 0.6) is 17.2 Å². The third kappa shape index (κ3) is 5.93. The summed E-state index contributed by atoms with van der Waals surface area (Å²) in [5.41, 5.74) is 2.15. The Balaban J connectivity index is 3.80. The first-order chi connectivity index (χ1) is 11.6. The number of benzene rings is 1. The average Bonchev–Trinajstić information content (AvgIpc) is 2.40. The second kappa shape index (κ2) is 7.83. The van der Waals surface area contributed by atoms with Crippen molar-refractivity contribution in [3.8, 4) is 17.2 Å². The van der Waals surface area contributed by atoms with Gasteiger partial charge in [0, 0.05) is 11.1 Å². The average molecular weight is 380 g/mol. The molecule has 0 aliphatic carbocycles. The molecule has 1 aromatic carbocycles. The normalized spacial score (nSPS) is 13.1. The number of ether oxygens (including phenoxy) is 2. The zero-order valence-electron chi connectivity index (χ0n) is 19.0. The van der Waals surface area contributed by atoms with Gasteiger partial charge in [0.15, 0.2) is 11.5 Å². The summed E-state index contributed by atoms with van der Waals surface area (Å²) in [4.78, 5) is 0. The van der Waals surface area contributed by atoms with E-state index in [9.17, 15) is 0 Å². The standard InChI is InChI=1S/C22H39O3Si/c1-20(2,3)14-24-16-13-15(21(4,5)6)18(23-10)17(22(7,8)9)19(16)25-26(11)12/h13H,14H2,1-12H3. The molecule has 0 aliphatic heterocycles. The van der Waals surface area contributed by atoms with Crippen molar-refractivity contribution in [2.75, 3.05) is 13.7 Å². The van der Waals surface area contributed by atoms with E-state index in [2.05, 4.69) is 81.5 Å². The monoisotopic (exact) mass is 379 g/mol. The van der Waals surface area contributed by atoms with Crippen molar-refractivity contribution in [1.82, 2.24) is 0 Å². The van der Waals surface area contributed by atoms with Crippen LogP contribution in [0.4, 0.5) is 0 Å². The van der Waals surface area contributed by atoms with Gasteiger partial charge >= 0.3 is 0 Å². The largest absolute Gasteiger partial charge is 0.540 e. The van der Waals surface area contributed by atoms with Crippen LogP contribution in [0.2, 0.25) is 13.1 Å². The Labute approximate surface area is 163 Å². The van der Waals surface area contributed by atoms with E-state index < -0.39 is 9.04 Å². The molecule has 3 nitrogen and oxygen atoms in total. The van der Waals surface area contributed by atoms with Crippen molar-refractivity contribution in [1.29, 1.82) is 0 Å². The third-order valence-electron chi connectivity index (χ3n) is 3.93. The molecule has 1 rings (SSSR count). The van der Waals surface area contributed by atoms with Gasteiger partial charge in [-0.15, -0.1) is 0 Å². The molecule has 0 bridgehead atoms. The maximum Gasteiger partial charge on any atom is 0.274 e. The van der Waals surface area contributed by atoms with E-state index in [-0.39, 0.29) is 16.2 Å². The van der Waals surface area contributed by atoms with Crippen molar-refractivity contribution in [2.24, 2.45) is 5.41 Å². The Bertz CT molecular complexity index is 614. The molecule has 0 atom stereocenters. The smallest absolute Gasteiger partial charge is 0.274 e. The molecule has 0 spiro atoms. The van der Waals surface area contributed by atoms with Gasteiger partial charge in [-0.05, 0) is 35.4 Å². The van der Waals surface area contributed by atoms with Gasteiger partial charge in [0.05, 0.1) is 13.7 Å². The van der Waals surface area contributed by atoms with Gasteiger partial charge < -0.3 is 13.9 Å². The Morgan fingerprint density at radius 1 is 0.846 bits per heavy atom. The van der Waals surface area contributed by atoms with E-state index in [0.29, 0.717) is 6.61 Å². The molecule has 1 aromatic rings. The number of hydrogen-bond donors (Lipinski definition) is 0. The highest BCUT2D eigenvalue weighted by Crippen LogP contribution is 2.50. The van der Waals surface area contributed by atoms with Crippen molar-refractivity contribution in [3.05, 3.63) is 17.2 Å². The minimum Gasteiger partial charge on any atom is -0.540 e. The van der Waals surface area contributed by atoms with Gasteiger partial charge in [0.2, 0.25) is 0 Å². The van der Waals surface area contributed by atoms with Crippen LogP contribution in [0.15, 0.2) is 6.07 Å². The lowest BCUT2D eigenvalue weighted by atomic mass is 9.78. The van der Waals surface area contributed by atoms with E-state index in [0.717, 1.165) is 28.4 Å². The molecule has 0 unspecified atom stereocenters. The molecule has 0 aliphatic rings. The molecule has 0 N–H and O–H groups in total. The Morgan fingerprint density at radius 2 is 1.38 bits per heavy atom. The molecule has 1 radical (unpaired) electrons. The molecule has 0 heterocycles. The lowest BCUT2D eigenvalue weighted by Gasteiger charge is -2.33. The number of hydrogen-bond acceptors (Lipinski definition) is 3. The van der Waals surface area contributed by atoms with E-state index in [1.54, 1.807) is 7.11 Å². The molecule has 0 saturated carbocycles. The van der Waals surface area contributed by atoms with E-state index in [4.69, 9.17) is 13.9 Å². The minimum atomic E-state index is -0.951. The summed E-state index contributed by atoms with van der Waals surface area (Å²) in [6, 6.07) is 2.12. The molecular formula is C22H39O3Si. The van der Waals surface area contributed by atoms with Crippen LogP contribution >= 0.6 is 0 Å². The maximum absolute atomic E-state index is 6.38. The molecule has 0 aromatic heterocycles. The van der Waals surface area contributed by atoms with Gasteiger partial charge in [-0.3, -0.25) is 0 Å². The maximum atomic E-state index is 6.38. The SMILES string of the molecule is COc1c(C(C)(C)C)cc(OCC(C)(C)C)c(O[Si](C)C)c1C(C)(C)C. The fourth-order valence-corrected chi connectivity index (χ4v) is 3.39. The highest BCUT2D eigenvalue weighted by atomic mass is 28.3. The van der Waals surface area contributed by atoms with Crippen molar-refractivity contribution in [3.63, 3.8) is 0 Å². The first kappa shape index (κ1) is 22.9. The molecule has 0 fully saturated rings. The summed E-state index contributed by atoms with van der Waals surface area (Å²) < 4.78 is 18.6. The van der Waals surface area contributed by atoms with E-state index in [1.807, 2.05) is 0 Å². The van der Waals surface area contributed by atoms with Crippen LogP contribution in [0, 0.1) is 5.41 Å². The second-order valence-corrected chi connectivity index (χ2v) is 12.5. The van der Waals surface area contributed by atoms with Gasteiger partial charge in [-0.2, -0.15) is 0 Å². The quantitative estimate of drug-likeness (QED) is 0.558. The summed E-state index contributed by atoms with van der Waals surface area (Å²) in [6.07, 6.45) is 0. The molecule has 0 amide bonds. The van der Waals surface area contributed by atoms with Crippen LogP contribution in [-0.2, 0) is 10.8 Å². The fourth-order valence-electron chi connectivity index (χ4n) is 2.78. The van der Waals surface area contributed by atoms with Crippen LogP contribution < -0.4 is 13.9 Å². The van der Waals surface area contributed by atoms with Crippen LogP contribution in [0.1, 0.15) is 73.4 Å². The predicted octanol–water partition coefficient (Wildman–Crippen LogP) is 6.35.